The number of aryl methyl sites for hydroxylation is 2. The second kappa shape index (κ2) is 6.27. The molecule has 4 nitrogen and oxygen atoms in total. The summed E-state index contributed by atoms with van der Waals surface area (Å²) in [5.74, 6) is 1.02. The maximum atomic E-state index is 12.4. The molecular formula is C16H24N2O2. The lowest BCUT2D eigenvalue weighted by molar-refractivity contribution is -0.132. The Morgan fingerprint density at radius 2 is 1.85 bits per heavy atom. The molecule has 2 rings (SSSR count). The van der Waals surface area contributed by atoms with E-state index >= 15 is 0 Å². The van der Waals surface area contributed by atoms with Gasteiger partial charge in [0.1, 0.15) is 5.75 Å². The van der Waals surface area contributed by atoms with E-state index in [1.807, 2.05) is 24.8 Å². The predicted molar refractivity (Wildman–Crippen MR) is 80.2 cm³/mol. The average Bonchev–Trinajstić information content (AvgIpc) is 2.42. The number of hydrogen-bond donors (Lipinski definition) is 0. The fourth-order valence-corrected chi connectivity index (χ4v) is 2.69. The van der Waals surface area contributed by atoms with E-state index in [0.29, 0.717) is 6.42 Å². The van der Waals surface area contributed by atoms with E-state index in [2.05, 4.69) is 18.0 Å². The zero-order chi connectivity index (χ0) is 14.7. The van der Waals surface area contributed by atoms with E-state index in [9.17, 15) is 4.79 Å². The molecule has 0 atom stereocenters. The van der Waals surface area contributed by atoms with Gasteiger partial charge in [-0.3, -0.25) is 4.79 Å². The fourth-order valence-electron chi connectivity index (χ4n) is 2.69. The molecule has 1 aromatic rings. The predicted octanol–water partition coefficient (Wildman–Crippen LogP) is 1.63. The normalized spacial score (nSPS) is 16.3. The van der Waals surface area contributed by atoms with Crippen LogP contribution in [0.5, 0.6) is 5.75 Å². The van der Waals surface area contributed by atoms with Gasteiger partial charge >= 0.3 is 0 Å². The standard InChI is InChI=1S/C16H24N2O2/c1-12-9-13(2)14(15(10-12)20-4)11-16(19)18-7-5-17(3)6-8-18/h9-10H,5-8,11H2,1-4H3. The zero-order valence-corrected chi connectivity index (χ0v) is 12.9. The van der Waals surface area contributed by atoms with Gasteiger partial charge in [0, 0.05) is 31.7 Å². The second-order valence-corrected chi connectivity index (χ2v) is 5.62. The first-order valence-electron chi connectivity index (χ1n) is 7.11. The lowest BCUT2D eigenvalue weighted by Gasteiger charge is -2.32. The maximum Gasteiger partial charge on any atom is 0.227 e. The van der Waals surface area contributed by atoms with Crippen molar-refractivity contribution in [3.8, 4) is 5.75 Å². The van der Waals surface area contributed by atoms with E-state index in [4.69, 9.17) is 4.74 Å². The van der Waals surface area contributed by atoms with Crippen molar-refractivity contribution in [2.24, 2.45) is 0 Å². The number of carbonyl (C=O) groups is 1. The van der Waals surface area contributed by atoms with Crippen LogP contribution in [0.15, 0.2) is 12.1 Å². The molecule has 0 bridgehead atoms. The molecule has 0 saturated carbocycles. The van der Waals surface area contributed by atoms with Crippen LogP contribution in [-0.2, 0) is 11.2 Å². The van der Waals surface area contributed by atoms with Gasteiger partial charge in [-0.25, -0.2) is 0 Å². The highest BCUT2D eigenvalue weighted by Gasteiger charge is 2.21. The number of likely N-dealkylation sites (N-methyl/N-ethyl adjacent to an activating group) is 1. The number of ether oxygens (including phenoxy) is 1. The molecule has 1 saturated heterocycles. The molecule has 1 fully saturated rings. The Labute approximate surface area is 121 Å². The van der Waals surface area contributed by atoms with Crippen LogP contribution in [0.3, 0.4) is 0 Å². The fraction of sp³-hybridized carbons (Fsp3) is 0.562. The Hall–Kier alpha value is -1.55. The summed E-state index contributed by atoms with van der Waals surface area (Å²) in [5, 5.41) is 0. The van der Waals surface area contributed by atoms with E-state index in [1.165, 1.54) is 0 Å². The number of rotatable bonds is 3. The van der Waals surface area contributed by atoms with Crippen molar-refractivity contribution in [1.82, 2.24) is 9.80 Å². The molecule has 0 spiro atoms. The number of carbonyl (C=O) groups excluding carboxylic acids is 1. The van der Waals surface area contributed by atoms with Gasteiger partial charge in [-0.2, -0.15) is 0 Å². The minimum Gasteiger partial charge on any atom is -0.496 e. The first-order chi connectivity index (χ1) is 9.51. The van der Waals surface area contributed by atoms with E-state index in [-0.39, 0.29) is 5.91 Å². The molecule has 0 aromatic heterocycles. The van der Waals surface area contributed by atoms with Crippen molar-refractivity contribution in [3.05, 3.63) is 28.8 Å². The van der Waals surface area contributed by atoms with Crippen molar-refractivity contribution in [1.29, 1.82) is 0 Å². The highest BCUT2D eigenvalue weighted by Crippen LogP contribution is 2.25. The maximum absolute atomic E-state index is 12.4. The minimum atomic E-state index is 0.198. The highest BCUT2D eigenvalue weighted by atomic mass is 16.5. The number of methoxy groups -OCH3 is 1. The molecule has 110 valence electrons. The summed E-state index contributed by atoms with van der Waals surface area (Å²) < 4.78 is 5.43. The molecule has 1 heterocycles. The van der Waals surface area contributed by atoms with Crippen LogP contribution < -0.4 is 4.74 Å². The van der Waals surface area contributed by atoms with Crippen LogP contribution >= 0.6 is 0 Å². The SMILES string of the molecule is COc1cc(C)cc(C)c1CC(=O)N1CCN(C)CC1. The number of benzene rings is 1. The smallest absolute Gasteiger partial charge is 0.227 e. The summed E-state index contributed by atoms with van der Waals surface area (Å²) in [7, 11) is 3.76. The zero-order valence-electron chi connectivity index (χ0n) is 12.9. The van der Waals surface area contributed by atoms with Gasteiger partial charge in [0.2, 0.25) is 5.91 Å². The third kappa shape index (κ3) is 3.31. The number of amides is 1. The quantitative estimate of drug-likeness (QED) is 0.841. The molecule has 1 aromatic carbocycles. The summed E-state index contributed by atoms with van der Waals surface area (Å²) in [6, 6.07) is 4.11. The highest BCUT2D eigenvalue weighted by molar-refractivity contribution is 5.80. The van der Waals surface area contributed by atoms with E-state index in [1.54, 1.807) is 7.11 Å². The van der Waals surface area contributed by atoms with Crippen molar-refractivity contribution >= 4 is 5.91 Å². The number of nitrogens with zero attached hydrogens (tertiary/aromatic N) is 2. The summed E-state index contributed by atoms with van der Waals surface area (Å²) >= 11 is 0. The first-order valence-corrected chi connectivity index (χ1v) is 7.11. The molecule has 0 N–H and O–H groups in total. The minimum absolute atomic E-state index is 0.198. The van der Waals surface area contributed by atoms with Gasteiger partial charge in [0.05, 0.1) is 13.5 Å². The van der Waals surface area contributed by atoms with Crippen LogP contribution in [0.1, 0.15) is 16.7 Å². The molecule has 0 radical (unpaired) electrons. The summed E-state index contributed by atoms with van der Waals surface area (Å²) in [4.78, 5) is 16.6. The Morgan fingerprint density at radius 3 is 2.45 bits per heavy atom. The summed E-state index contributed by atoms with van der Waals surface area (Å²) in [6.07, 6.45) is 0.430. The Balaban J connectivity index is 2.11. The summed E-state index contributed by atoms with van der Waals surface area (Å²) in [5.41, 5.74) is 3.31. The molecule has 1 aliphatic heterocycles. The van der Waals surface area contributed by atoms with E-state index in [0.717, 1.165) is 48.6 Å². The summed E-state index contributed by atoms with van der Waals surface area (Å²) in [6.45, 7) is 7.64. The van der Waals surface area contributed by atoms with Crippen LogP contribution in [0.4, 0.5) is 0 Å². The van der Waals surface area contributed by atoms with Crippen LogP contribution in [-0.4, -0.2) is 56.0 Å². The van der Waals surface area contributed by atoms with Gasteiger partial charge in [-0.05, 0) is 38.1 Å². The van der Waals surface area contributed by atoms with Gasteiger partial charge in [0.15, 0.2) is 0 Å². The molecule has 20 heavy (non-hydrogen) atoms. The topological polar surface area (TPSA) is 32.8 Å². The van der Waals surface area contributed by atoms with Crippen molar-refractivity contribution in [2.45, 2.75) is 20.3 Å². The average molecular weight is 276 g/mol. The third-order valence-electron chi connectivity index (χ3n) is 3.98. The van der Waals surface area contributed by atoms with Gasteiger partial charge in [-0.15, -0.1) is 0 Å². The van der Waals surface area contributed by atoms with Crippen molar-refractivity contribution in [2.75, 3.05) is 40.3 Å². The number of piperazine rings is 1. The second-order valence-electron chi connectivity index (χ2n) is 5.62. The van der Waals surface area contributed by atoms with Crippen LogP contribution in [0.2, 0.25) is 0 Å². The third-order valence-corrected chi connectivity index (χ3v) is 3.98. The molecule has 4 heteroatoms. The van der Waals surface area contributed by atoms with Gasteiger partial charge in [-0.1, -0.05) is 6.07 Å². The Kier molecular flexibility index (Phi) is 4.65. The Bertz CT molecular complexity index is 491. The molecule has 1 amide bonds. The van der Waals surface area contributed by atoms with E-state index < -0.39 is 0 Å². The number of hydrogen-bond acceptors (Lipinski definition) is 3. The molecular weight excluding hydrogens is 252 g/mol. The van der Waals surface area contributed by atoms with Crippen LogP contribution in [0, 0.1) is 13.8 Å². The monoisotopic (exact) mass is 276 g/mol. The van der Waals surface area contributed by atoms with Gasteiger partial charge < -0.3 is 14.5 Å². The van der Waals surface area contributed by atoms with Crippen LogP contribution in [0.25, 0.3) is 0 Å². The van der Waals surface area contributed by atoms with Crippen molar-refractivity contribution in [3.63, 3.8) is 0 Å². The lowest BCUT2D eigenvalue weighted by Crippen LogP contribution is -2.47. The van der Waals surface area contributed by atoms with Crippen molar-refractivity contribution < 1.29 is 9.53 Å². The van der Waals surface area contributed by atoms with Gasteiger partial charge in [0.25, 0.3) is 0 Å². The first kappa shape index (κ1) is 14.9. The largest absolute Gasteiger partial charge is 0.496 e. The lowest BCUT2D eigenvalue weighted by atomic mass is 10.0. The Morgan fingerprint density at radius 1 is 1.20 bits per heavy atom. The molecule has 1 aliphatic rings. The molecule has 0 unspecified atom stereocenters. The molecule has 0 aliphatic carbocycles.